The number of aromatic nitrogens is 2. The summed E-state index contributed by atoms with van der Waals surface area (Å²) in [5.41, 5.74) is 7.41. The van der Waals surface area contributed by atoms with Crippen molar-refractivity contribution in [3.63, 3.8) is 0 Å². The zero-order valence-electron chi connectivity index (χ0n) is 12.0. The van der Waals surface area contributed by atoms with Crippen molar-refractivity contribution in [1.82, 2.24) is 14.3 Å². The van der Waals surface area contributed by atoms with Gasteiger partial charge in [-0.2, -0.15) is 4.31 Å². The summed E-state index contributed by atoms with van der Waals surface area (Å²) < 4.78 is 26.6. The van der Waals surface area contributed by atoms with Crippen LogP contribution in [0.15, 0.2) is 41.6 Å². The summed E-state index contributed by atoms with van der Waals surface area (Å²) in [5.74, 6) is 0. The van der Waals surface area contributed by atoms with Crippen LogP contribution in [0.1, 0.15) is 18.3 Å². The molecule has 2 aromatic rings. The predicted octanol–water partition coefficient (Wildman–Crippen LogP) is 1.58. The van der Waals surface area contributed by atoms with Gasteiger partial charge >= 0.3 is 0 Å². The predicted molar refractivity (Wildman–Crippen MR) is 80.9 cm³/mol. The third-order valence-corrected chi connectivity index (χ3v) is 4.92. The minimum absolute atomic E-state index is 0.112. The number of nitrogens with zero attached hydrogens (tertiary/aromatic N) is 3. The van der Waals surface area contributed by atoms with Crippen LogP contribution in [0, 0.1) is 6.92 Å². The lowest BCUT2D eigenvalue weighted by atomic mass is 10.3. The molecule has 0 unspecified atom stereocenters. The van der Waals surface area contributed by atoms with Gasteiger partial charge < -0.3 is 5.73 Å². The molecule has 0 fully saturated rings. The SMILES string of the molecule is CCN(Cc1cccc(C)n1)S(=O)(=O)c1ncccc1N. The molecule has 0 aliphatic carbocycles. The molecule has 0 saturated carbocycles. The molecule has 2 N–H and O–H groups in total. The highest BCUT2D eigenvalue weighted by molar-refractivity contribution is 7.89. The normalized spacial score (nSPS) is 11.8. The molecule has 0 aromatic carbocycles. The van der Waals surface area contributed by atoms with E-state index in [1.54, 1.807) is 19.1 Å². The number of hydrogen-bond acceptors (Lipinski definition) is 5. The molecule has 0 aliphatic heterocycles. The minimum atomic E-state index is -3.74. The Balaban J connectivity index is 2.35. The van der Waals surface area contributed by atoms with Gasteiger partial charge in [-0.15, -0.1) is 0 Å². The molecule has 0 aliphatic rings. The Bertz CT molecular complexity index is 731. The first-order valence-corrected chi connectivity index (χ1v) is 8.02. The zero-order valence-corrected chi connectivity index (χ0v) is 12.8. The Morgan fingerprint density at radius 2 is 2.00 bits per heavy atom. The molecule has 21 heavy (non-hydrogen) atoms. The Labute approximate surface area is 124 Å². The van der Waals surface area contributed by atoms with Crippen molar-refractivity contribution in [2.45, 2.75) is 25.4 Å². The quantitative estimate of drug-likeness (QED) is 0.906. The molecule has 7 heteroatoms. The zero-order chi connectivity index (χ0) is 15.5. The third kappa shape index (κ3) is 3.37. The van der Waals surface area contributed by atoms with Gasteiger partial charge in [-0.1, -0.05) is 13.0 Å². The smallest absolute Gasteiger partial charge is 0.262 e. The van der Waals surface area contributed by atoms with Crippen LogP contribution >= 0.6 is 0 Å². The van der Waals surface area contributed by atoms with Crippen molar-refractivity contribution in [3.05, 3.63) is 47.9 Å². The van der Waals surface area contributed by atoms with Gasteiger partial charge in [0, 0.05) is 18.4 Å². The fourth-order valence-corrected chi connectivity index (χ4v) is 3.42. The van der Waals surface area contributed by atoms with Crippen LogP contribution in [-0.4, -0.2) is 29.2 Å². The number of pyridine rings is 2. The first-order valence-electron chi connectivity index (χ1n) is 6.58. The molecule has 0 atom stereocenters. The second-order valence-electron chi connectivity index (χ2n) is 4.60. The molecular formula is C14H18N4O2S. The lowest BCUT2D eigenvalue weighted by Gasteiger charge is -2.20. The minimum Gasteiger partial charge on any atom is -0.396 e. The van der Waals surface area contributed by atoms with Crippen molar-refractivity contribution in [1.29, 1.82) is 0 Å². The van der Waals surface area contributed by atoms with E-state index < -0.39 is 10.0 Å². The summed E-state index contributed by atoms with van der Waals surface area (Å²) in [6.45, 7) is 4.14. The van der Waals surface area contributed by atoms with Crippen LogP contribution in [0.25, 0.3) is 0 Å². The number of sulfonamides is 1. The van der Waals surface area contributed by atoms with Crippen LogP contribution < -0.4 is 5.73 Å². The van der Waals surface area contributed by atoms with Gasteiger partial charge in [0.2, 0.25) is 0 Å². The van der Waals surface area contributed by atoms with Crippen LogP contribution in [-0.2, 0) is 16.6 Å². The van der Waals surface area contributed by atoms with E-state index in [0.717, 1.165) is 5.69 Å². The average Bonchev–Trinajstić information content (AvgIpc) is 2.45. The van der Waals surface area contributed by atoms with Gasteiger partial charge in [-0.05, 0) is 31.2 Å². The molecule has 2 rings (SSSR count). The molecule has 2 heterocycles. The highest BCUT2D eigenvalue weighted by atomic mass is 32.2. The second-order valence-corrected chi connectivity index (χ2v) is 6.45. The Kier molecular flexibility index (Phi) is 4.54. The maximum absolute atomic E-state index is 12.6. The van der Waals surface area contributed by atoms with E-state index in [1.807, 2.05) is 19.1 Å². The van der Waals surface area contributed by atoms with Crippen molar-refractivity contribution < 1.29 is 8.42 Å². The van der Waals surface area contributed by atoms with Gasteiger partial charge in [-0.3, -0.25) is 4.98 Å². The van der Waals surface area contributed by atoms with Crippen molar-refractivity contribution in [3.8, 4) is 0 Å². The van der Waals surface area contributed by atoms with E-state index in [2.05, 4.69) is 9.97 Å². The number of aryl methyl sites for hydroxylation is 1. The molecule has 0 amide bonds. The monoisotopic (exact) mass is 306 g/mol. The number of rotatable bonds is 5. The van der Waals surface area contributed by atoms with Crippen LogP contribution in [0.2, 0.25) is 0 Å². The lowest BCUT2D eigenvalue weighted by Crippen LogP contribution is -2.32. The van der Waals surface area contributed by atoms with E-state index >= 15 is 0 Å². The first kappa shape index (κ1) is 15.4. The molecule has 112 valence electrons. The molecule has 0 radical (unpaired) electrons. The Morgan fingerprint density at radius 1 is 1.24 bits per heavy atom. The van der Waals surface area contributed by atoms with Gasteiger partial charge in [0.15, 0.2) is 5.03 Å². The van der Waals surface area contributed by atoms with E-state index in [1.165, 1.54) is 16.6 Å². The molecule has 6 nitrogen and oxygen atoms in total. The van der Waals surface area contributed by atoms with Gasteiger partial charge in [0.25, 0.3) is 10.0 Å². The fraction of sp³-hybridized carbons (Fsp3) is 0.286. The Hall–Kier alpha value is -1.99. The summed E-state index contributed by atoms with van der Waals surface area (Å²) in [7, 11) is -3.74. The topological polar surface area (TPSA) is 89.2 Å². The summed E-state index contributed by atoms with van der Waals surface area (Å²) in [4.78, 5) is 8.24. The van der Waals surface area contributed by atoms with Crippen LogP contribution in [0.5, 0.6) is 0 Å². The van der Waals surface area contributed by atoms with Crippen LogP contribution in [0.3, 0.4) is 0 Å². The maximum Gasteiger partial charge on any atom is 0.262 e. The lowest BCUT2D eigenvalue weighted by molar-refractivity contribution is 0.417. The van der Waals surface area contributed by atoms with Crippen molar-refractivity contribution in [2.75, 3.05) is 12.3 Å². The highest BCUT2D eigenvalue weighted by Crippen LogP contribution is 2.20. The molecule has 0 bridgehead atoms. The van der Waals surface area contributed by atoms with Gasteiger partial charge in [0.05, 0.1) is 17.9 Å². The number of nitrogens with two attached hydrogens (primary N) is 1. The third-order valence-electron chi connectivity index (χ3n) is 3.02. The summed E-state index contributed by atoms with van der Waals surface area (Å²) in [6, 6.07) is 8.65. The summed E-state index contributed by atoms with van der Waals surface area (Å²) in [6.07, 6.45) is 1.42. The van der Waals surface area contributed by atoms with E-state index in [0.29, 0.717) is 12.2 Å². The van der Waals surface area contributed by atoms with E-state index in [-0.39, 0.29) is 17.3 Å². The number of hydrogen-bond donors (Lipinski definition) is 1. The summed E-state index contributed by atoms with van der Waals surface area (Å²) >= 11 is 0. The average molecular weight is 306 g/mol. The van der Waals surface area contributed by atoms with E-state index in [9.17, 15) is 8.42 Å². The highest BCUT2D eigenvalue weighted by Gasteiger charge is 2.27. The molecule has 0 saturated heterocycles. The van der Waals surface area contributed by atoms with Crippen molar-refractivity contribution >= 4 is 15.7 Å². The standard InChI is InChI=1S/C14H18N4O2S/c1-3-18(10-12-7-4-6-11(2)17-12)21(19,20)14-13(15)8-5-9-16-14/h4-9H,3,10,15H2,1-2H3. The van der Waals surface area contributed by atoms with Crippen molar-refractivity contribution in [2.24, 2.45) is 0 Å². The number of anilines is 1. The fourth-order valence-electron chi connectivity index (χ4n) is 1.98. The number of nitrogen functional groups attached to an aromatic ring is 1. The van der Waals surface area contributed by atoms with Gasteiger partial charge in [0.1, 0.15) is 0 Å². The van der Waals surface area contributed by atoms with Crippen LogP contribution in [0.4, 0.5) is 5.69 Å². The summed E-state index contributed by atoms with van der Waals surface area (Å²) in [5, 5.41) is -0.112. The second kappa shape index (κ2) is 6.19. The Morgan fingerprint density at radius 3 is 2.62 bits per heavy atom. The van der Waals surface area contributed by atoms with Gasteiger partial charge in [-0.25, -0.2) is 13.4 Å². The maximum atomic E-state index is 12.6. The largest absolute Gasteiger partial charge is 0.396 e. The molecule has 0 spiro atoms. The molecule has 2 aromatic heterocycles. The molecular weight excluding hydrogens is 288 g/mol. The first-order chi connectivity index (χ1) is 9.95. The van der Waals surface area contributed by atoms with E-state index in [4.69, 9.17) is 5.73 Å².